The first kappa shape index (κ1) is 26.8. The Morgan fingerprint density at radius 1 is 0.951 bits per heavy atom. The van der Waals surface area contributed by atoms with Gasteiger partial charge in [-0.1, -0.05) is 48.5 Å². The van der Waals surface area contributed by atoms with E-state index in [4.69, 9.17) is 9.15 Å². The van der Waals surface area contributed by atoms with E-state index in [0.717, 1.165) is 48.6 Å². The lowest BCUT2D eigenvalue weighted by Gasteiger charge is -2.31. The number of hydrogen-bond acceptors (Lipinski definition) is 6. The Hall–Kier alpha value is -4.40. The maximum atomic E-state index is 13.0. The van der Waals surface area contributed by atoms with E-state index in [-0.39, 0.29) is 5.91 Å². The molecule has 1 aliphatic heterocycles. The standard InChI is InChI=1S/C33H35N5O3/c1-36-16-18-38(19-17-36)33(39)31-24-40-32(35-31)23-37(15-14-26-21-34-30-13-6-5-12-29(26)30)22-25-8-7-11-28(20-25)41-27-9-3-2-4-10-27/h2-13,20-21,24,34H,14-19,22-23H2,1H3. The van der Waals surface area contributed by atoms with Gasteiger partial charge in [0.2, 0.25) is 5.89 Å². The fourth-order valence-electron chi connectivity index (χ4n) is 5.27. The number of benzene rings is 3. The predicted octanol–water partition coefficient (Wildman–Crippen LogP) is 5.58. The van der Waals surface area contributed by atoms with Crippen molar-refractivity contribution in [2.45, 2.75) is 19.5 Å². The Morgan fingerprint density at radius 3 is 2.59 bits per heavy atom. The highest BCUT2D eigenvalue weighted by atomic mass is 16.5. The summed E-state index contributed by atoms with van der Waals surface area (Å²) in [5.41, 5.74) is 3.90. The van der Waals surface area contributed by atoms with Crippen molar-refractivity contribution < 1.29 is 13.9 Å². The largest absolute Gasteiger partial charge is 0.457 e. The summed E-state index contributed by atoms with van der Waals surface area (Å²) in [5.74, 6) is 2.07. The number of aromatic nitrogens is 2. The third kappa shape index (κ3) is 6.67. The molecule has 0 radical (unpaired) electrons. The molecule has 0 unspecified atom stereocenters. The number of oxazole rings is 1. The zero-order valence-corrected chi connectivity index (χ0v) is 23.3. The molecule has 5 aromatic rings. The molecule has 1 aliphatic rings. The molecular weight excluding hydrogens is 514 g/mol. The minimum Gasteiger partial charge on any atom is -0.457 e. The highest BCUT2D eigenvalue weighted by Gasteiger charge is 2.23. The van der Waals surface area contributed by atoms with Gasteiger partial charge in [0, 0.05) is 56.4 Å². The number of carbonyl (C=O) groups is 1. The second-order valence-electron chi connectivity index (χ2n) is 10.6. The van der Waals surface area contributed by atoms with Crippen LogP contribution in [0.5, 0.6) is 11.5 Å². The molecule has 3 heterocycles. The first-order chi connectivity index (χ1) is 20.1. The molecule has 1 saturated heterocycles. The van der Waals surface area contributed by atoms with Crippen LogP contribution in [0, 0.1) is 0 Å². The topological polar surface area (TPSA) is 77.8 Å². The van der Waals surface area contributed by atoms with Crippen molar-refractivity contribution in [1.82, 2.24) is 24.7 Å². The predicted molar refractivity (Wildman–Crippen MR) is 159 cm³/mol. The molecular formula is C33H35N5O3. The Labute approximate surface area is 240 Å². The Kier molecular flexibility index (Phi) is 8.11. The highest BCUT2D eigenvalue weighted by Crippen LogP contribution is 2.24. The fraction of sp³-hybridized carbons (Fsp3) is 0.273. The van der Waals surface area contributed by atoms with Crippen molar-refractivity contribution in [3.63, 3.8) is 0 Å². The van der Waals surface area contributed by atoms with Crippen molar-refractivity contribution in [1.29, 1.82) is 0 Å². The van der Waals surface area contributed by atoms with Crippen LogP contribution in [0.2, 0.25) is 0 Å². The molecule has 8 heteroatoms. The molecule has 0 spiro atoms. The number of hydrogen-bond donors (Lipinski definition) is 1. The van der Waals surface area contributed by atoms with Gasteiger partial charge in [-0.3, -0.25) is 9.69 Å². The van der Waals surface area contributed by atoms with E-state index in [1.165, 1.54) is 17.2 Å². The summed E-state index contributed by atoms with van der Waals surface area (Å²) in [7, 11) is 2.07. The van der Waals surface area contributed by atoms with E-state index in [2.05, 4.69) is 63.3 Å². The van der Waals surface area contributed by atoms with Gasteiger partial charge < -0.3 is 23.9 Å². The van der Waals surface area contributed by atoms with Crippen molar-refractivity contribution in [3.8, 4) is 11.5 Å². The van der Waals surface area contributed by atoms with E-state index in [1.807, 2.05) is 53.4 Å². The number of H-pyrrole nitrogens is 1. The third-order valence-electron chi connectivity index (χ3n) is 7.58. The Bertz CT molecular complexity index is 1590. The molecule has 0 bridgehead atoms. The average Bonchev–Trinajstić information content (AvgIpc) is 3.64. The number of para-hydroxylation sites is 2. The zero-order chi connectivity index (χ0) is 28.0. The van der Waals surface area contributed by atoms with Crippen molar-refractivity contribution in [3.05, 3.63) is 114 Å². The lowest BCUT2D eigenvalue weighted by Crippen LogP contribution is -2.47. The van der Waals surface area contributed by atoms with Gasteiger partial charge in [0.15, 0.2) is 5.69 Å². The molecule has 210 valence electrons. The number of amides is 1. The molecule has 1 amide bonds. The van der Waals surface area contributed by atoms with Crippen LogP contribution in [0.15, 0.2) is 95.7 Å². The normalized spacial score (nSPS) is 14.1. The minimum absolute atomic E-state index is 0.0656. The van der Waals surface area contributed by atoms with E-state index < -0.39 is 0 Å². The molecule has 1 N–H and O–H groups in total. The van der Waals surface area contributed by atoms with E-state index in [0.29, 0.717) is 37.8 Å². The van der Waals surface area contributed by atoms with Crippen molar-refractivity contribution >= 4 is 16.8 Å². The van der Waals surface area contributed by atoms with E-state index in [9.17, 15) is 4.79 Å². The van der Waals surface area contributed by atoms with Gasteiger partial charge in [-0.15, -0.1) is 0 Å². The van der Waals surface area contributed by atoms with Crippen LogP contribution in [0.3, 0.4) is 0 Å². The quantitative estimate of drug-likeness (QED) is 0.245. The van der Waals surface area contributed by atoms with Gasteiger partial charge >= 0.3 is 0 Å². The summed E-state index contributed by atoms with van der Waals surface area (Å²) in [6.45, 7) is 5.10. The summed E-state index contributed by atoms with van der Waals surface area (Å²) in [6, 6.07) is 26.3. The maximum absolute atomic E-state index is 13.0. The number of carbonyl (C=O) groups excluding carboxylic acids is 1. The summed E-state index contributed by atoms with van der Waals surface area (Å²) >= 11 is 0. The molecule has 0 aliphatic carbocycles. The molecule has 1 fully saturated rings. The summed E-state index contributed by atoms with van der Waals surface area (Å²) in [5, 5.41) is 1.24. The van der Waals surface area contributed by atoms with Gasteiger partial charge in [0.05, 0.1) is 6.54 Å². The molecule has 8 nitrogen and oxygen atoms in total. The maximum Gasteiger partial charge on any atom is 0.275 e. The molecule has 6 rings (SSSR count). The van der Waals surface area contributed by atoms with Crippen molar-refractivity contribution in [2.75, 3.05) is 39.8 Å². The molecule has 41 heavy (non-hydrogen) atoms. The van der Waals surface area contributed by atoms with Crippen LogP contribution in [-0.4, -0.2) is 70.3 Å². The van der Waals surface area contributed by atoms with Gasteiger partial charge in [-0.25, -0.2) is 4.98 Å². The Balaban J connectivity index is 1.18. The smallest absolute Gasteiger partial charge is 0.275 e. The van der Waals surface area contributed by atoms with Gasteiger partial charge in [-0.2, -0.15) is 0 Å². The summed E-state index contributed by atoms with van der Waals surface area (Å²) in [4.78, 5) is 27.4. The number of piperazine rings is 1. The monoisotopic (exact) mass is 549 g/mol. The number of fused-ring (bicyclic) bond motifs is 1. The average molecular weight is 550 g/mol. The fourth-order valence-corrected chi connectivity index (χ4v) is 5.27. The first-order valence-corrected chi connectivity index (χ1v) is 14.1. The second-order valence-corrected chi connectivity index (χ2v) is 10.6. The highest BCUT2D eigenvalue weighted by molar-refractivity contribution is 5.92. The van der Waals surface area contributed by atoms with Crippen LogP contribution in [0.4, 0.5) is 0 Å². The molecule has 0 atom stereocenters. The van der Waals surface area contributed by atoms with Gasteiger partial charge in [-0.05, 0) is 54.9 Å². The van der Waals surface area contributed by atoms with Crippen LogP contribution in [0.25, 0.3) is 10.9 Å². The SMILES string of the molecule is CN1CCN(C(=O)c2coc(CN(CCc3c[nH]c4ccccc34)Cc3cccc(Oc4ccccc4)c3)n2)CC1. The van der Waals surface area contributed by atoms with Crippen LogP contribution < -0.4 is 4.74 Å². The van der Waals surface area contributed by atoms with Crippen LogP contribution in [-0.2, 0) is 19.5 Å². The van der Waals surface area contributed by atoms with Crippen molar-refractivity contribution in [2.24, 2.45) is 0 Å². The van der Waals surface area contributed by atoms with Crippen LogP contribution in [0.1, 0.15) is 27.5 Å². The number of ether oxygens (including phenoxy) is 1. The van der Waals surface area contributed by atoms with E-state index >= 15 is 0 Å². The second kappa shape index (κ2) is 12.4. The lowest BCUT2D eigenvalue weighted by molar-refractivity contribution is 0.0658. The third-order valence-corrected chi connectivity index (χ3v) is 7.58. The number of rotatable bonds is 10. The van der Waals surface area contributed by atoms with Gasteiger partial charge in [0.1, 0.15) is 17.8 Å². The number of nitrogens with zero attached hydrogens (tertiary/aromatic N) is 4. The van der Waals surface area contributed by atoms with Crippen LogP contribution >= 0.6 is 0 Å². The molecule has 0 saturated carbocycles. The number of nitrogens with one attached hydrogen (secondary N) is 1. The van der Waals surface area contributed by atoms with E-state index in [1.54, 1.807) is 0 Å². The zero-order valence-electron chi connectivity index (χ0n) is 23.3. The minimum atomic E-state index is -0.0656. The lowest BCUT2D eigenvalue weighted by atomic mass is 10.1. The summed E-state index contributed by atoms with van der Waals surface area (Å²) < 4.78 is 11.9. The summed E-state index contributed by atoms with van der Waals surface area (Å²) in [6.07, 6.45) is 4.45. The Morgan fingerprint density at radius 2 is 1.73 bits per heavy atom. The molecule has 2 aromatic heterocycles. The molecule has 3 aromatic carbocycles. The number of likely N-dealkylation sites (N-methyl/N-ethyl adjacent to an activating group) is 1. The van der Waals surface area contributed by atoms with Gasteiger partial charge in [0.25, 0.3) is 5.91 Å². The number of aromatic amines is 1. The first-order valence-electron chi connectivity index (χ1n) is 14.1.